The maximum Gasteiger partial charge on any atom is 0.342 e. The number of ether oxygens (including phenoxy) is 1. The third-order valence-corrected chi connectivity index (χ3v) is 4.91. The summed E-state index contributed by atoms with van der Waals surface area (Å²) in [5, 5.41) is 10.9. The van der Waals surface area contributed by atoms with E-state index in [0.717, 1.165) is 51.6 Å². The molecule has 2 fully saturated rings. The standard InChI is InChI=1S/C17H29NO3/c1-3-11-17(20,14-7-5-4-6-8-14)16(19)21-15-9-12-18(2)13-10-15/h3,11,14-15,20H,4-10,12-13H2,1-2H3/b11-3+/t17-/m1/s1. The van der Waals surface area contributed by atoms with Gasteiger partial charge in [-0.1, -0.05) is 25.3 Å². The van der Waals surface area contributed by atoms with E-state index in [4.69, 9.17) is 4.74 Å². The summed E-state index contributed by atoms with van der Waals surface area (Å²) >= 11 is 0. The van der Waals surface area contributed by atoms with Crippen molar-refractivity contribution in [2.24, 2.45) is 5.92 Å². The van der Waals surface area contributed by atoms with E-state index in [1.165, 1.54) is 6.42 Å². The van der Waals surface area contributed by atoms with Gasteiger partial charge < -0.3 is 14.7 Å². The molecule has 0 radical (unpaired) electrons. The average molecular weight is 295 g/mol. The Morgan fingerprint density at radius 1 is 1.19 bits per heavy atom. The van der Waals surface area contributed by atoms with Gasteiger partial charge in [0.15, 0.2) is 5.60 Å². The van der Waals surface area contributed by atoms with E-state index in [0.29, 0.717) is 0 Å². The van der Waals surface area contributed by atoms with Gasteiger partial charge in [-0.15, -0.1) is 0 Å². The maximum atomic E-state index is 12.6. The minimum Gasteiger partial charge on any atom is -0.460 e. The van der Waals surface area contributed by atoms with Gasteiger partial charge in [-0.3, -0.25) is 0 Å². The van der Waals surface area contributed by atoms with Crippen LogP contribution in [0.2, 0.25) is 0 Å². The van der Waals surface area contributed by atoms with Crippen LogP contribution in [0.5, 0.6) is 0 Å². The monoisotopic (exact) mass is 295 g/mol. The van der Waals surface area contributed by atoms with Crippen LogP contribution in [-0.2, 0) is 9.53 Å². The Morgan fingerprint density at radius 3 is 2.38 bits per heavy atom. The van der Waals surface area contributed by atoms with E-state index in [-0.39, 0.29) is 12.0 Å². The van der Waals surface area contributed by atoms with Crippen LogP contribution >= 0.6 is 0 Å². The first-order valence-corrected chi connectivity index (χ1v) is 8.32. The van der Waals surface area contributed by atoms with Crippen molar-refractivity contribution >= 4 is 5.97 Å². The lowest BCUT2D eigenvalue weighted by molar-refractivity contribution is -0.174. The van der Waals surface area contributed by atoms with E-state index in [1.54, 1.807) is 12.2 Å². The first kappa shape index (κ1) is 16.5. The summed E-state index contributed by atoms with van der Waals surface area (Å²) in [4.78, 5) is 14.8. The third kappa shape index (κ3) is 4.07. The molecule has 1 N–H and O–H groups in total. The van der Waals surface area contributed by atoms with Gasteiger partial charge in [-0.2, -0.15) is 0 Å². The number of carbonyl (C=O) groups is 1. The summed E-state index contributed by atoms with van der Waals surface area (Å²) in [7, 11) is 2.08. The number of esters is 1. The molecule has 4 heteroatoms. The molecule has 1 atom stereocenters. The zero-order valence-corrected chi connectivity index (χ0v) is 13.4. The van der Waals surface area contributed by atoms with E-state index in [1.807, 2.05) is 6.92 Å². The van der Waals surface area contributed by atoms with Crippen LogP contribution in [0.1, 0.15) is 51.9 Å². The first-order chi connectivity index (χ1) is 10.1. The van der Waals surface area contributed by atoms with Crippen molar-refractivity contribution in [1.29, 1.82) is 0 Å². The van der Waals surface area contributed by atoms with Gasteiger partial charge in [0.25, 0.3) is 0 Å². The maximum absolute atomic E-state index is 12.6. The van der Waals surface area contributed by atoms with Crippen molar-refractivity contribution in [3.63, 3.8) is 0 Å². The Balaban J connectivity index is 2.00. The molecule has 1 aliphatic carbocycles. The average Bonchev–Trinajstić information content (AvgIpc) is 2.50. The Hall–Kier alpha value is -0.870. The number of nitrogens with zero attached hydrogens (tertiary/aromatic N) is 1. The molecular formula is C17H29NO3. The van der Waals surface area contributed by atoms with E-state index in [2.05, 4.69) is 11.9 Å². The largest absolute Gasteiger partial charge is 0.460 e. The van der Waals surface area contributed by atoms with Crippen molar-refractivity contribution in [3.8, 4) is 0 Å². The highest BCUT2D eigenvalue weighted by Crippen LogP contribution is 2.35. The molecule has 1 saturated carbocycles. The normalized spacial score (nSPS) is 25.9. The van der Waals surface area contributed by atoms with E-state index < -0.39 is 11.6 Å². The van der Waals surface area contributed by atoms with E-state index >= 15 is 0 Å². The number of allylic oxidation sites excluding steroid dienone is 1. The van der Waals surface area contributed by atoms with Gasteiger partial charge in [0.2, 0.25) is 0 Å². The molecule has 0 spiro atoms. The molecule has 120 valence electrons. The number of piperidine rings is 1. The van der Waals surface area contributed by atoms with Crippen molar-refractivity contribution in [2.75, 3.05) is 20.1 Å². The van der Waals surface area contributed by atoms with Gasteiger partial charge in [0.05, 0.1) is 0 Å². The van der Waals surface area contributed by atoms with E-state index in [9.17, 15) is 9.90 Å². The van der Waals surface area contributed by atoms with Crippen molar-refractivity contribution < 1.29 is 14.6 Å². The Labute approximate surface area is 128 Å². The molecule has 0 aromatic heterocycles. The highest BCUT2D eigenvalue weighted by Gasteiger charge is 2.44. The molecule has 0 unspecified atom stereocenters. The zero-order chi connectivity index (χ0) is 15.3. The number of likely N-dealkylation sites (tertiary alicyclic amines) is 1. The predicted octanol–water partition coefficient (Wildman–Crippen LogP) is 2.51. The predicted molar refractivity (Wildman–Crippen MR) is 82.9 cm³/mol. The van der Waals surface area contributed by atoms with Crippen LogP contribution < -0.4 is 0 Å². The van der Waals surface area contributed by atoms with Gasteiger partial charge in [-0.05, 0) is 45.7 Å². The quantitative estimate of drug-likeness (QED) is 0.639. The van der Waals surface area contributed by atoms with Crippen LogP contribution in [-0.4, -0.2) is 47.8 Å². The SMILES string of the molecule is C/C=C/[C@](O)(C(=O)OC1CCN(C)CC1)C1CCCCC1. The number of aliphatic hydroxyl groups is 1. The topological polar surface area (TPSA) is 49.8 Å². The molecule has 1 heterocycles. The van der Waals surface area contributed by atoms with Crippen LogP contribution in [0.4, 0.5) is 0 Å². The fraction of sp³-hybridized carbons (Fsp3) is 0.824. The Morgan fingerprint density at radius 2 is 1.81 bits per heavy atom. The fourth-order valence-corrected chi connectivity index (χ4v) is 3.52. The second-order valence-corrected chi connectivity index (χ2v) is 6.57. The molecule has 1 saturated heterocycles. The lowest BCUT2D eigenvalue weighted by atomic mass is 9.76. The van der Waals surface area contributed by atoms with Crippen LogP contribution in [0.25, 0.3) is 0 Å². The van der Waals surface area contributed by atoms with Gasteiger partial charge in [0, 0.05) is 19.0 Å². The summed E-state index contributed by atoms with van der Waals surface area (Å²) in [6.07, 6.45) is 10.3. The van der Waals surface area contributed by atoms with Crippen LogP contribution in [0.3, 0.4) is 0 Å². The van der Waals surface area contributed by atoms with Gasteiger partial charge >= 0.3 is 5.97 Å². The molecule has 4 nitrogen and oxygen atoms in total. The molecule has 2 rings (SSSR count). The number of hydrogen-bond acceptors (Lipinski definition) is 4. The molecule has 0 bridgehead atoms. The minimum atomic E-state index is -1.43. The minimum absolute atomic E-state index is 0.00112. The molecule has 0 aromatic rings. The summed E-state index contributed by atoms with van der Waals surface area (Å²) in [5.74, 6) is -0.441. The molecule has 1 aliphatic heterocycles. The van der Waals surface area contributed by atoms with Crippen molar-refractivity contribution in [3.05, 3.63) is 12.2 Å². The van der Waals surface area contributed by atoms with Crippen LogP contribution in [0.15, 0.2) is 12.2 Å². The van der Waals surface area contributed by atoms with Gasteiger partial charge in [-0.25, -0.2) is 4.79 Å². The molecule has 2 aliphatic rings. The molecule has 21 heavy (non-hydrogen) atoms. The lowest BCUT2D eigenvalue weighted by Gasteiger charge is -2.36. The lowest BCUT2D eigenvalue weighted by Crippen LogP contribution is -2.48. The Bertz CT molecular complexity index is 368. The highest BCUT2D eigenvalue weighted by molar-refractivity contribution is 5.82. The number of carbonyl (C=O) groups excluding carboxylic acids is 1. The van der Waals surface area contributed by atoms with Crippen molar-refractivity contribution in [1.82, 2.24) is 4.90 Å². The fourth-order valence-electron chi connectivity index (χ4n) is 3.52. The van der Waals surface area contributed by atoms with Crippen molar-refractivity contribution in [2.45, 2.75) is 63.6 Å². The second kappa shape index (κ2) is 7.41. The highest BCUT2D eigenvalue weighted by atomic mass is 16.6. The summed E-state index contributed by atoms with van der Waals surface area (Å²) in [6.45, 7) is 3.74. The summed E-state index contributed by atoms with van der Waals surface area (Å²) in [6, 6.07) is 0. The Kier molecular flexibility index (Phi) is 5.82. The smallest absolute Gasteiger partial charge is 0.342 e. The molecule has 0 amide bonds. The second-order valence-electron chi connectivity index (χ2n) is 6.57. The number of rotatable bonds is 4. The summed E-state index contributed by atoms with van der Waals surface area (Å²) < 4.78 is 5.64. The van der Waals surface area contributed by atoms with Crippen LogP contribution in [0, 0.1) is 5.92 Å². The third-order valence-electron chi connectivity index (χ3n) is 4.91. The van der Waals surface area contributed by atoms with Gasteiger partial charge in [0.1, 0.15) is 6.10 Å². The first-order valence-electron chi connectivity index (χ1n) is 8.32. The zero-order valence-electron chi connectivity index (χ0n) is 13.4. The molecular weight excluding hydrogens is 266 g/mol. The number of hydrogen-bond donors (Lipinski definition) is 1. The molecule has 0 aromatic carbocycles. The summed E-state index contributed by atoms with van der Waals surface area (Å²) in [5.41, 5.74) is -1.43.